The molecular formula is C16H15N3O2. The van der Waals surface area contributed by atoms with Crippen molar-refractivity contribution < 1.29 is 9.47 Å². The van der Waals surface area contributed by atoms with Crippen molar-refractivity contribution in [1.82, 2.24) is 15.2 Å². The predicted octanol–water partition coefficient (Wildman–Crippen LogP) is 2.74. The van der Waals surface area contributed by atoms with E-state index in [0.29, 0.717) is 0 Å². The maximum Gasteiger partial charge on any atom is 0.161 e. The second kappa shape index (κ2) is 4.48. The first-order chi connectivity index (χ1) is 10.3. The van der Waals surface area contributed by atoms with Gasteiger partial charge in [0.1, 0.15) is 0 Å². The van der Waals surface area contributed by atoms with Gasteiger partial charge in [-0.1, -0.05) is 0 Å². The molecule has 4 rings (SSSR count). The van der Waals surface area contributed by atoms with Crippen LogP contribution in [0.2, 0.25) is 0 Å². The Balaban J connectivity index is 2.04. The van der Waals surface area contributed by atoms with E-state index in [0.717, 1.165) is 35.4 Å². The van der Waals surface area contributed by atoms with Gasteiger partial charge in [-0.3, -0.25) is 5.10 Å². The van der Waals surface area contributed by atoms with Crippen molar-refractivity contribution >= 4 is 11.0 Å². The quantitative estimate of drug-likeness (QED) is 0.784. The third-order valence-corrected chi connectivity index (χ3v) is 4.10. The van der Waals surface area contributed by atoms with Crippen molar-refractivity contribution in [2.45, 2.75) is 12.8 Å². The molecule has 0 aliphatic heterocycles. The fourth-order valence-electron chi connectivity index (χ4n) is 3.08. The summed E-state index contributed by atoms with van der Waals surface area (Å²) in [6.07, 6.45) is 5.74. The monoisotopic (exact) mass is 281 g/mol. The average Bonchev–Trinajstić information content (AvgIpc) is 3.01. The lowest BCUT2D eigenvalue weighted by Gasteiger charge is -2.22. The molecule has 1 aromatic carbocycles. The van der Waals surface area contributed by atoms with Gasteiger partial charge in [0.25, 0.3) is 0 Å². The molecule has 21 heavy (non-hydrogen) atoms. The fraction of sp³-hybridized carbons (Fsp3) is 0.250. The number of nitrogens with one attached hydrogen (secondary N) is 1. The number of rotatable bonds is 2. The van der Waals surface area contributed by atoms with Gasteiger partial charge in [-0.15, -0.1) is 0 Å². The summed E-state index contributed by atoms with van der Waals surface area (Å²) in [4.78, 5) is 4.43. The van der Waals surface area contributed by atoms with Crippen molar-refractivity contribution in [1.29, 1.82) is 0 Å². The molecular weight excluding hydrogens is 266 g/mol. The Morgan fingerprint density at radius 3 is 2.57 bits per heavy atom. The smallest absolute Gasteiger partial charge is 0.161 e. The highest BCUT2D eigenvalue weighted by atomic mass is 16.5. The summed E-state index contributed by atoms with van der Waals surface area (Å²) in [5, 5.41) is 8.11. The van der Waals surface area contributed by atoms with E-state index >= 15 is 0 Å². The molecule has 0 spiro atoms. The lowest BCUT2D eigenvalue weighted by Crippen LogP contribution is -2.06. The number of hydrogen-bond donors (Lipinski definition) is 1. The minimum atomic E-state index is 0.748. The van der Waals surface area contributed by atoms with Gasteiger partial charge in [-0.25, -0.2) is 4.98 Å². The van der Waals surface area contributed by atoms with Gasteiger partial charge in [-0.05, 0) is 47.2 Å². The number of aromatic nitrogens is 3. The van der Waals surface area contributed by atoms with E-state index in [-0.39, 0.29) is 0 Å². The Hall–Kier alpha value is -2.56. The van der Waals surface area contributed by atoms with Crippen LogP contribution in [-0.4, -0.2) is 29.4 Å². The number of aryl methyl sites for hydroxylation is 2. The van der Waals surface area contributed by atoms with Gasteiger partial charge in [0.05, 0.1) is 20.4 Å². The average molecular weight is 281 g/mol. The lowest BCUT2D eigenvalue weighted by atomic mass is 9.85. The predicted molar refractivity (Wildman–Crippen MR) is 79.8 cm³/mol. The fourth-order valence-corrected chi connectivity index (χ4v) is 3.08. The number of fused-ring (bicyclic) bond motifs is 5. The van der Waals surface area contributed by atoms with Crippen LogP contribution >= 0.6 is 0 Å². The lowest BCUT2D eigenvalue weighted by molar-refractivity contribution is 0.354. The number of methoxy groups -OCH3 is 2. The second-order valence-electron chi connectivity index (χ2n) is 5.16. The van der Waals surface area contributed by atoms with Gasteiger partial charge >= 0.3 is 0 Å². The van der Waals surface area contributed by atoms with E-state index in [1.807, 2.05) is 12.4 Å². The third-order valence-electron chi connectivity index (χ3n) is 4.10. The Kier molecular flexibility index (Phi) is 2.60. The van der Waals surface area contributed by atoms with Gasteiger partial charge in [0, 0.05) is 11.6 Å². The van der Waals surface area contributed by atoms with Gasteiger partial charge < -0.3 is 9.47 Å². The summed E-state index contributed by atoms with van der Waals surface area (Å²) in [5.74, 6) is 1.52. The van der Waals surface area contributed by atoms with Crippen LogP contribution in [0.1, 0.15) is 11.1 Å². The standard InChI is InChI=1S/C16H15N3O2/c1-20-13-5-9-3-4-10-7-17-16-12(8-18-19-16)15(10)11(9)6-14(13)21-2/h5-8H,3-4H2,1-2H3,(H,17,18,19). The number of nitrogens with zero attached hydrogens (tertiary/aromatic N) is 2. The van der Waals surface area contributed by atoms with Crippen molar-refractivity contribution in [2.75, 3.05) is 14.2 Å². The molecule has 0 atom stereocenters. The zero-order valence-corrected chi connectivity index (χ0v) is 11.9. The number of hydrogen-bond acceptors (Lipinski definition) is 4. The van der Waals surface area contributed by atoms with E-state index in [9.17, 15) is 0 Å². The maximum absolute atomic E-state index is 5.45. The highest BCUT2D eigenvalue weighted by Gasteiger charge is 2.22. The largest absolute Gasteiger partial charge is 0.493 e. The van der Waals surface area contributed by atoms with Crippen LogP contribution in [0.25, 0.3) is 22.2 Å². The van der Waals surface area contributed by atoms with Crippen LogP contribution in [0.3, 0.4) is 0 Å². The molecule has 0 saturated carbocycles. The molecule has 106 valence electrons. The number of H-pyrrole nitrogens is 1. The Morgan fingerprint density at radius 2 is 1.76 bits per heavy atom. The number of pyridine rings is 1. The number of ether oxygens (including phenoxy) is 2. The van der Waals surface area contributed by atoms with E-state index < -0.39 is 0 Å². The summed E-state index contributed by atoms with van der Waals surface area (Å²) in [5.41, 5.74) is 5.73. The molecule has 2 aromatic heterocycles. The Labute approximate surface area is 121 Å². The molecule has 1 N–H and O–H groups in total. The van der Waals surface area contributed by atoms with Crippen LogP contribution in [-0.2, 0) is 12.8 Å². The molecule has 2 heterocycles. The van der Waals surface area contributed by atoms with E-state index in [4.69, 9.17) is 9.47 Å². The molecule has 3 aromatic rings. The van der Waals surface area contributed by atoms with Gasteiger partial charge in [-0.2, -0.15) is 5.10 Å². The van der Waals surface area contributed by atoms with Crippen LogP contribution < -0.4 is 9.47 Å². The normalized spacial score (nSPS) is 12.9. The van der Waals surface area contributed by atoms with Crippen molar-refractivity contribution in [2.24, 2.45) is 0 Å². The van der Waals surface area contributed by atoms with Gasteiger partial charge in [0.15, 0.2) is 17.1 Å². The summed E-state index contributed by atoms with van der Waals surface area (Å²) >= 11 is 0. The van der Waals surface area contributed by atoms with E-state index in [1.54, 1.807) is 14.2 Å². The maximum atomic E-state index is 5.45. The van der Waals surface area contributed by atoms with Crippen LogP contribution in [0.4, 0.5) is 0 Å². The van der Waals surface area contributed by atoms with Crippen LogP contribution in [0, 0.1) is 0 Å². The summed E-state index contributed by atoms with van der Waals surface area (Å²) < 4.78 is 10.9. The number of benzene rings is 1. The van der Waals surface area contributed by atoms with Crippen LogP contribution in [0.5, 0.6) is 11.5 Å². The van der Waals surface area contributed by atoms with Crippen molar-refractivity contribution in [3.8, 4) is 22.6 Å². The molecule has 0 amide bonds. The summed E-state index contributed by atoms with van der Waals surface area (Å²) in [6, 6.07) is 4.13. The first kappa shape index (κ1) is 12.2. The molecule has 1 aliphatic carbocycles. The second-order valence-corrected chi connectivity index (χ2v) is 5.16. The highest BCUT2D eigenvalue weighted by Crippen LogP contribution is 2.42. The van der Waals surface area contributed by atoms with E-state index in [2.05, 4.69) is 27.3 Å². The zero-order valence-electron chi connectivity index (χ0n) is 11.9. The topological polar surface area (TPSA) is 60.0 Å². The van der Waals surface area contributed by atoms with Crippen LogP contribution in [0.15, 0.2) is 24.5 Å². The van der Waals surface area contributed by atoms with Crippen molar-refractivity contribution in [3.63, 3.8) is 0 Å². The minimum absolute atomic E-state index is 0.748. The molecule has 0 saturated heterocycles. The third kappa shape index (κ3) is 1.70. The summed E-state index contributed by atoms with van der Waals surface area (Å²) in [6.45, 7) is 0. The Bertz CT molecular complexity index is 839. The molecule has 0 unspecified atom stereocenters. The van der Waals surface area contributed by atoms with E-state index in [1.165, 1.54) is 22.3 Å². The molecule has 0 fully saturated rings. The Morgan fingerprint density at radius 1 is 1.00 bits per heavy atom. The first-order valence-corrected chi connectivity index (χ1v) is 6.88. The first-order valence-electron chi connectivity index (χ1n) is 6.88. The molecule has 0 radical (unpaired) electrons. The van der Waals surface area contributed by atoms with Gasteiger partial charge in [0.2, 0.25) is 0 Å². The van der Waals surface area contributed by atoms with Crippen molar-refractivity contribution in [3.05, 3.63) is 35.7 Å². The SMILES string of the molecule is COc1cc2c(cc1OC)-c1c(cnc3[nH]ncc13)CC2. The number of aromatic amines is 1. The molecule has 0 bridgehead atoms. The molecule has 5 heteroatoms. The molecule has 5 nitrogen and oxygen atoms in total. The summed E-state index contributed by atoms with van der Waals surface area (Å²) in [7, 11) is 3.33. The molecule has 1 aliphatic rings. The zero-order chi connectivity index (χ0) is 14.4. The highest BCUT2D eigenvalue weighted by molar-refractivity contribution is 5.96. The minimum Gasteiger partial charge on any atom is -0.493 e.